The van der Waals surface area contributed by atoms with E-state index in [1.54, 1.807) is 24.3 Å². The van der Waals surface area contributed by atoms with Gasteiger partial charge in [-0.1, -0.05) is 24.3 Å². The van der Waals surface area contributed by atoms with E-state index in [2.05, 4.69) is 0 Å². The molecule has 1 aliphatic carbocycles. The van der Waals surface area contributed by atoms with Gasteiger partial charge in [-0.2, -0.15) is 0 Å². The normalized spacial score (nSPS) is 14.6. The minimum absolute atomic E-state index is 0.0706. The molecule has 1 aromatic rings. The van der Waals surface area contributed by atoms with Gasteiger partial charge in [-0.15, -0.1) is 0 Å². The van der Waals surface area contributed by atoms with Gasteiger partial charge < -0.3 is 5.73 Å². The number of fused-ring (bicyclic) bond motifs is 1. The summed E-state index contributed by atoms with van der Waals surface area (Å²) in [7, 11) is 0. The van der Waals surface area contributed by atoms with E-state index in [0.29, 0.717) is 11.1 Å². The number of hydrogen-bond donors (Lipinski definition) is 1. The van der Waals surface area contributed by atoms with Crippen LogP contribution in [0.5, 0.6) is 0 Å². The Morgan fingerprint density at radius 3 is 1.85 bits per heavy atom. The van der Waals surface area contributed by atoms with Crippen molar-refractivity contribution < 1.29 is 9.59 Å². The Bertz CT molecular complexity index is 395. The number of carbonyl (C=O) groups is 2. The Balaban J connectivity index is 2.71. The molecule has 0 spiro atoms. The lowest BCUT2D eigenvalue weighted by atomic mass is 10.1. The second-order valence-electron chi connectivity index (χ2n) is 2.78. The smallest absolute Gasteiger partial charge is 0.199 e. The predicted octanol–water partition coefficient (Wildman–Crippen LogP) is 0.908. The first-order valence-electron chi connectivity index (χ1n) is 3.86. The SMILES string of the molecule is NC=C1C(=O)c2ccccc2C1=O. The summed E-state index contributed by atoms with van der Waals surface area (Å²) < 4.78 is 0. The van der Waals surface area contributed by atoms with Gasteiger partial charge in [-0.05, 0) is 0 Å². The van der Waals surface area contributed by atoms with Gasteiger partial charge in [0.15, 0.2) is 11.6 Å². The van der Waals surface area contributed by atoms with E-state index in [1.807, 2.05) is 0 Å². The molecule has 0 unspecified atom stereocenters. The highest BCUT2D eigenvalue weighted by molar-refractivity contribution is 6.39. The van der Waals surface area contributed by atoms with Crippen LogP contribution in [0.15, 0.2) is 36.0 Å². The van der Waals surface area contributed by atoms with Crippen LogP contribution >= 0.6 is 0 Å². The molecule has 0 saturated carbocycles. The molecule has 0 aromatic heterocycles. The third kappa shape index (κ3) is 0.902. The largest absolute Gasteiger partial charge is 0.404 e. The number of rotatable bonds is 0. The Morgan fingerprint density at radius 1 is 1.00 bits per heavy atom. The third-order valence-electron chi connectivity index (χ3n) is 2.07. The van der Waals surface area contributed by atoms with Crippen LogP contribution in [0.3, 0.4) is 0 Å². The van der Waals surface area contributed by atoms with Crippen molar-refractivity contribution in [2.24, 2.45) is 5.73 Å². The highest BCUT2D eigenvalue weighted by atomic mass is 16.2. The number of hydrogen-bond acceptors (Lipinski definition) is 3. The molecule has 13 heavy (non-hydrogen) atoms. The topological polar surface area (TPSA) is 60.2 Å². The number of benzene rings is 1. The molecule has 0 bridgehead atoms. The van der Waals surface area contributed by atoms with Crippen molar-refractivity contribution in [2.45, 2.75) is 0 Å². The van der Waals surface area contributed by atoms with Crippen molar-refractivity contribution in [1.29, 1.82) is 0 Å². The van der Waals surface area contributed by atoms with E-state index < -0.39 is 0 Å². The lowest BCUT2D eigenvalue weighted by molar-refractivity contribution is 0.0988. The lowest BCUT2D eigenvalue weighted by Gasteiger charge is -1.90. The van der Waals surface area contributed by atoms with Crippen molar-refractivity contribution in [2.75, 3.05) is 0 Å². The van der Waals surface area contributed by atoms with Gasteiger partial charge in [-0.3, -0.25) is 9.59 Å². The van der Waals surface area contributed by atoms with E-state index in [0.717, 1.165) is 6.20 Å². The van der Waals surface area contributed by atoms with Crippen molar-refractivity contribution >= 4 is 11.6 Å². The van der Waals surface area contributed by atoms with Gasteiger partial charge in [0, 0.05) is 17.3 Å². The summed E-state index contributed by atoms with van der Waals surface area (Å²) in [5, 5.41) is 0. The second kappa shape index (κ2) is 2.55. The molecule has 1 aromatic carbocycles. The molecule has 0 radical (unpaired) electrons. The zero-order valence-electron chi connectivity index (χ0n) is 6.78. The number of carbonyl (C=O) groups excluding carboxylic acids is 2. The summed E-state index contributed by atoms with van der Waals surface area (Å²) in [6.45, 7) is 0. The zero-order chi connectivity index (χ0) is 9.42. The maximum absolute atomic E-state index is 11.5. The first-order chi connectivity index (χ1) is 6.25. The maximum atomic E-state index is 11.5. The molecule has 1 aliphatic rings. The average molecular weight is 173 g/mol. The fourth-order valence-electron chi connectivity index (χ4n) is 1.42. The second-order valence-corrected chi connectivity index (χ2v) is 2.78. The minimum atomic E-state index is -0.275. The molecule has 0 heterocycles. The monoisotopic (exact) mass is 173 g/mol. The Hall–Kier alpha value is -1.90. The summed E-state index contributed by atoms with van der Waals surface area (Å²) in [6, 6.07) is 6.71. The van der Waals surface area contributed by atoms with Crippen LogP contribution in [-0.2, 0) is 0 Å². The van der Waals surface area contributed by atoms with Gasteiger partial charge >= 0.3 is 0 Å². The molecule has 0 saturated heterocycles. The highest BCUT2D eigenvalue weighted by Crippen LogP contribution is 2.24. The summed E-state index contributed by atoms with van der Waals surface area (Å²) >= 11 is 0. The van der Waals surface area contributed by atoms with E-state index >= 15 is 0 Å². The third-order valence-corrected chi connectivity index (χ3v) is 2.07. The minimum Gasteiger partial charge on any atom is -0.404 e. The molecule has 3 nitrogen and oxygen atoms in total. The molecular formula is C10H7NO2. The van der Waals surface area contributed by atoms with Gasteiger partial charge in [0.1, 0.15) is 0 Å². The standard InChI is InChI=1S/C10H7NO2/c11-5-8-9(12)6-3-1-2-4-7(6)10(8)13/h1-5H,11H2. The van der Waals surface area contributed by atoms with Gasteiger partial charge in [0.05, 0.1) is 5.57 Å². The highest BCUT2D eigenvalue weighted by Gasteiger charge is 2.31. The van der Waals surface area contributed by atoms with Crippen LogP contribution in [0.25, 0.3) is 0 Å². The number of allylic oxidation sites excluding steroid dienone is 1. The molecule has 2 N–H and O–H groups in total. The van der Waals surface area contributed by atoms with E-state index in [9.17, 15) is 9.59 Å². The molecule has 0 aliphatic heterocycles. The molecule has 64 valence electrons. The first kappa shape index (κ1) is 7.73. The predicted molar refractivity (Wildman–Crippen MR) is 47.4 cm³/mol. The summed E-state index contributed by atoms with van der Waals surface area (Å²) in [5.74, 6) is -0.550. The van der Waals surface area contributed by atoms with Crippen molar-refractivity contribution in [3.63, 3.8) is 0 Å². The summed E-state index contributed by atoms with van der Waals surface area (Å²) in [4.78, 5) is 22.9. The fraction of sp³-hybridized carbons (Fsp3) is 0. The van der Waals surface area contributed by atoms with Crippen molar-refractivity contribution in [3.8, 4) is 0 Å². The number of nitrogens with two attached hydrogens (primary N) is 1. The van der Waals surface area contributed by atoms with Crippen LogP contribution in [0.2, 0.25) is 0 Å². The van der Waals surface area contributed by atoms with Gasteiger partial charge in [-0.25, -0.2) is 0 Å². The van der Waals surface area contributed by atoms with Crippen LogP contribution in [0, 0.1) is 0 Å². The van der Waals surface area contributed by atoms with E-state index in [4.69, 9.17) is 5.73 Å². The Kier molecular flexibility index (Phi) is 1.52. The lowest BCUT2D eigenvalue weighted by Crippen LogP contribution is -2.03. The van der Waals surface area contributed by atoms with E-state index in [1.165, 1.54) is 0 Å². The van der Waals surface area contributed by atoms with Crippen LogP contribution in [0.1, 0.15) is 20.7 Å². The molecule has 0 atom stereocenters. The van der Waals surface area contributed by atoms with Crippen molar-refractivity contribution in [3.05, 3.63) is 47.2 Å². The van der Waals surface area contributed by atoms with Crippen LogP contribution in [-0.4, -0.2) is 11.6 Å². The van der Waals surface area contributed by atoms with Crippen LogP contribution in [0.4, 0.5) is 0 Å². The molecule has 3 heteroatoms. The quantitative estimate of drug-likeness (QED) is 0.468. The van der Waals surface area contributed by atoms with Crippen molar-refractivity contribution in [1.82, 2.24) is 0 Å². The Labute approximate surface area is 74.9 Å². The number of Topliss-reactive ketones (excluding diaryl/α,β-unsaturated/α-hetero) is 2. The molecule has 0 amide bonds. The average Bonchev–Trinajstić information content (AvgIpc) is 2.41. The molecule has 0 fully saturated rings. The van der Waals surface area contributed by atoms with Gasteiger partial charge in [0.2, 0.25) is 0 Å². The van der Waals surface area contributed by atoms with Gasteiger partial charge in [0.25, 0.3) is 0 Å². The summed E-state index contributed by atoms with van der Waals surface area (Å²) in [6.07, 6.45) is 1.07. The fourth-order valence-corrected chi connectivity index (χ4v) is 1.42. The van der Waals surface area contributed by atoms with E-state index in [-0.39, 0.29) is 17.1 Å². The maximum Gasteiger partial charge on any atom is 0.199 e. The van der Waals surface area contributed by atoms with Crippen LogP contribution < -0.4 is 5.73 Å². The molecule has 2 rings (SSSR count). The first-order valence-corrected chi connectivity index (χ1v) is 3.86. The number of ketones is 2. The summed E-state index contributed by atoms with van der Waals surface area (Å²) in [5.41, 5.74) is 6.16. The Morgan fingerprint density at radius 2 is 1.46 bits per heavy atom. The molecular weight excluding hydrogens is 166 g/mol. The zero-order valence-corrected chi connectivity index (χ0v) is 6.78.